The van der Waals surface area contributed by atoms with Crippen molar-refractivity contribution in [3.8, 4) is 0 Å². The SMILES string of the molecule is C.C.CC12CC3(C)CC(Br)(C1)CC(C(=O)O)(C2)C3.CC12CC3(C)CC(C(=O)O)(C1)CC(c1ccccc1)(C2)C3. The van der Waals surface area contributed by atoms with Crippen molar-refractivity contribution < 1.29 is 19.8 Å². The van der Waals surface area contributed by atoms with E-state index in [1.54, 1.807) is 0 Å². The van der Waals surface area contributed by atoms with Gasteiger partial charge in [-0.05, 0) is 110 Å². The molecule has 8 aliphatic carbocycles. The first kappa shape index (κ1) is 30.6. The lowest BCUT2D eigenvalue weighted by atomic mass is 9.35. The lowest BCUT2D eigenvalue weighted by Gasteiger charge is -2.68. The van der Waals surface area contributed by atoms with Crippen molar-refractivity contribution in [1.82, 2.24) is 0 Å². The number of benzene rings is 1. The van der Waals surface area contributed by atoms with Crippen molar-refractivity contribution in [3.05, 3.63) is 35.9 Å². The summed E-state index contributed by atoms with van der Waals surface area (Å²) < 4.78 is 0.101. The van der Waals surface area contributed by atoms with Gasteiger partial charge < -0.3 is 10.2 Å². The van der Waals surface area contributed by atoms with Crippen LogP contribution in [0.15, 0.2) is 30.3 Å². The van der Waals surface area contributed by atoms with E-state index in [2.05, 4.69) is 74.0 Å². The fourth-order valence-corrected chi connectivity index (χ4v) is 14.7. The van der Waals surface area contributed by atoms with Crippen LogP contribution in [0.1, 0.15) is 125 Å². The standard InChI is InChI=1S/C19H24O2.C13H19BrO2.2CH4/c1-16-8-17(2)10-18(9-16,14-6-4-3-5-7-14)13-19(11-16,12-17)15(20)21;1-10-3-11(2)5-12(4-10,9(15)16)8-13(14,6-10)7-11;;/h3-7H,8-13H2,1-2H3,(H,20,21);3-8H2,1-2H3,(H,15,16);2*1H4. The zero-order chi connectivity index (χ0) is 26.8. The first-order valence-corrected chi connectivity index (χ1v) is 15.0. The minimum Gasteiger partial charge on any atom is -0.481 e. The zero-order valence-corrected chi connectivity index (χ0v) is 24.5. The maximum atomic E-state index is 12.1. The van der Waals surface area contributed by atoms with Gasteiger partial charge >= 0.3 is 11.9 Å². The normalized spacial score (nSPS) is 49.8. The summed E-state index contributed by atoms with van der Waals surface area (Å²) in [5.74, 6) is -1.12. The number of alkyl halides is 1. The van der Waals surface area contributed by atoms with E-state index in [9.17, 15) is 19.8 Å². The third kappa shape index (κ3) is 4.71. The maximum absolute atomic E-state index is 12.1. The molecular formula is C34H51BrO4. The van der Waals surface area contributed by atoms with Crippen LogP contribution in [0, 0.1) is 32.5 Å². The molecule has 0 aromatic heterocycles. The van der Waals surface area contributed by atoms with Gasteiger partial charge in [0.2, 0.25) is 0 Å². The van der Waals surface area contributed by atoms with Gasteiger partial charge in [0.05, 0.1) is 10.8 Å². The summed E-state index contributed by atoms with van der Waals surface area (Å²) in [4.78, 5) is 23.8. The molecule has 0 heterocycles. The molecule has 4 unspecified atom stereocenters. The van der Waals surface area contributed by atoms with Gasteiger partial charge in [-0.3, -0.25) is 9.59 Å². The number of carboxylic acids is 2. The molecule has 8 fully saturated rings. The Morgan fingerprint density at radius 2 is 0.974 bits per heavy atom. The van der Waals surface area contributed by atoms with E-state index < -0.39 is 22.8 Å². The molecule has 39 heavy (non-hydrogen) atoms. The van der Waals surface area contributed by atoms with Gasteiger partial charge in [0.25, 0.3) is 0 Å². The van der Waals surface area contributed by atoms with Gasteiger partial charge in [-0.2, -0.15) is 0 Å². The molecular weight excluding hydrogens is 552 g/mol. The quantitative estimate of drug-likeness (QED) is 0.338. The van der Waals surface area contributed by atoms with Gasteiger partial charge in [0, 0.05) is 4.32 Å². The first-order valence-electron chi connectivity index (χ1n) is 14.2. The minimum atomic E-state index is -0.562. The Balaban J connectivity index is 0.000000178. The van der Waals surface area contributed by atoms with Gasteiger partial charge in [0.1, 0.15) is 0 Å². The topological polar surface area (TPSA) is 74.6 Å². The highest BCUT2D eigenvalue weighted by Gasteiger charge is 2.69. The molecule has 4 atom stereocenters. The number of hydrogen-bond donors (Lipinski definition) is 2. The Labute approximate surface area is 244 Å². The first-order chi connectivity index (χ1) is 17.0. The highest BCUT2D eigenvalue weighted by Crippen LogP contribution is 2.74. The molecule has 0 spiro atoms. The molecule has 8 aliphatic rings. The minimum absolute atomic E-state index is 0. The fourth-order valence-electron chi connectivity index (χ4n) is 12.8. The summed E-state index contributed by atoms with van der Waals surface area (Å²) in [7, 11) is 0. The number of carboxylic acid groups (broad SMARTS) is 2. The average Bonchev–Trinajstić information content (AvgIpc) is 2.69. The summed E-state index contributed by atoms with van der Waals surface area (Å²) in [6, 6.07) is 10.7. The van der Waals surface area contributed by atoms with Crippen molar-refractivity contribution in [2.75, 3.05) is 0 Å². The Kier molecular flexibility index (Phi) is 6.92. The van der Waals surface area contributed by atoms with E-state index in [1.807, 2.05) is 0 Å². The Bertz CT molecular complexity index is 1090. The summed E-state index contributed by atoms with van der Waals surface area (Å²) in [5.41, 5.74) is 1.38. The highest BCUT2D eigenvalue weighted by molar-refractivity contribution is 9.10. The van der Waals surface area contributed by atoms with Crippen LogP contribution in [-0.2, 0) is 15.0 Å². The molecule has 8 saturated carbocycles. The third-order valence-electron chi connectivity index (χ3n) is 11.4. The molecule has 0 aliphatic heterocycles. The molecule has 0 amide bonds. The number of aliphatic carboxylic acids is 2. The largest absolute Gasteiger partial charge is 0.481 e. The van der Waals surface area contributed by atoms with Crippen molar-refractivity contribution >= 4 is 27.9 Å². The lowest BCUT2D eigenvalue weighted by Crippen LogP contribution is -2.63. The van der Waals surface area contributed by atoms with E-state index in [0.717, 1.165) is 64.2 Å². The van der Waals surface area contributed by atoms with E-state index >= 15 is 0 Å². The summed E-state index contributed by atoms with van der Waals surface area (Å²) in [5, 5.41) is 19.6. The summed E-state index contributed by atoms with van der Waals surface area (Å²) >= 11 is 3.87. The summed E-state index contributed by atoms with van der Waals surface area (Å²) in [6.45, 7) is 9.24. The predicted octanol–water partition coefficient (Wildman–Crippen LogP) is 9.25. The second kappa shape index (κ2) is 8.82. The summed E-state index contributed by atoms with van der Waals surface area (Å²) in [6.07, 6.45) is 12.2. The van der Waals surface area contributed by atoms with E-state index in [4.69, 9.17) is 0 Å². The highest BCUT2D eigenvalue weighted by atomic mass is 79.9. The lowest BCUT2D eigenvalue weighted by molar-refractivity contribution is -0.191. The van der Waals surface area contributed by atoms with E-state index in [-0.39, 0.29) is 46.3 Å². The van der Waals surface area contributed by atoms with E-state index in [0.29, 0.717) is 0 Å². The van der Waals surface area contributed by atoms with Crippen LogP contribution >= 0.6 is 15.9 Å². The van der Waals surface area contributed by atoms with Gasteiger partial charge in [0.15, 0.2) is 0 Å². The van der Waals surface area contributed by atoms with Gasteiger partial charge in [-0.25, -0.2) is 0 Å². The van der Waals surface area contributed by atoms with Crippen LogP contribution in [0.2, 0.25) is 0 Å². The van der Waals surface area contributed by atoms with Gasteiger partial charge in [-0.1, -0.05) is 88.8 Å². The molecule has 1 aromatic rings. The van der Waals surface area contributed by atoms with E-state index in [1.165, 1.54) is 18.4 Å². The predicted molar refractivity (Wildman–Crippen MR) is 161 cm³/mol. The molecule has 2 N–H and O–H groups in total. The molecule has 4 nitrogen and oxygen atoms in total. The molecule has 9 rings (SSSR count). The molecule has 218 valence electrons. The number of hydrogen-bond acceptors (Lipinski definition) is 2. The fraction of sp³-hybridized carbons (Fsp3) is 0.765. The molecule has 0 radical (unpaired) electrons. The van der Waals surface area contributed by atoms with Crippen molar-refractivity contribution in [3.63, 3.8) is 0 Å². The van der Waals surface area contributed by atoms with Crippen LogP contribution < -0.4 is 0 Å². The number of rotatable bonds is 3. The smallest absolute Gasteiger partial charge is 0.309 e. The molecule has 1 aromatic carbocycles. The average molecular weight is 604 g/mol. The monoisotopic (exact) mass is 602 g/mol. The van der Waals surface area contributed by atoms with Crippen LogP contribution in [-0.4, -0.2) is 26.5 Å². The maximum Gasteiger partial charge on any atom is 0.309 e. The third-order valence-corrected chi connectivity index (χ3v) is 12.3. The Morgan fingerprint density at radius 1 is 0.590 bits per heavy atom. The van der Waals surface area contributed by atoms with Crippen LogP contribution in [0.25, 0.3) is 0 Å². The second-order valence-electron chi connectivity index (χ2n) is 16.3. The van der Waals surface area contributed by atoms with Crippen LogP contribution in [0.4, 0.5) is 0 Å². The number of halogens is 1. The molecule has 5 heteroatoms. The molecule has 8 bridgehead atoms. The second-order valence-corrected chi connectivity index (χ2v) is 18.0. The van der Waals surface area contributed by atoms with Crippen molar-refractivity contribution in [2.45, 2.75) is 129 Å². The Hall–Kier alpha value is -1.36. The number of carbonyl (C=O) groups is 2. The van der Waals surface area contributed by atoms with Gasteiger partial charge in [-0.15, -0.1) is 0 Å². The van der Waals surface area contributed by atoms with Crippen molar-refractivity contribution in [2.24, 2.45) is 32.5 Å². The molecule has 0 saturated heterocycles. The van der Waals surface area contributed by atoms with Crippen molar-refractivity contribution in [1.29, 1.82) is 0 Å². The Morgan fingerprint density at radius 3 is 1.36 bits per heavy atom. The zero-order valence-electron chi connectivity index (χ0n) is 23.0. The van der Waals surface area contributed by atoms with Crippen LogP contribution in [0.3, 0.4) is 0 Å². The van der Waals surface area contributed by atoms with Crippen LogP contribution in [0.5, 0.6) is 0 Å².